The summed E-state index contributed by atoms with van der Waals surface area (Å²) in [5, 5.41) is 3.33. The van der Waals surface area contributed by atoms with Crippen molar-refractivity contribution < 1.29 is 4.42 Å². The van der Waals surface area contributed by atoms with Gasteiger partial charge in [-0.3, -0.25) is 0 Å². The van der Waals surface area contributed by atoms with E-state index in [1.807, 2.05) is 13.1 Å². The molecule has 0 bridgehead atoms. The lowest BCUT2D eigenvalue weighted by Crippen LogP contribution is -2.16. The van der Waals surface area contributed by atoms with Gasteiger partial charge in [0.05, 0.1) is 16.8 Å². The standard InChI is InChI=1S/C15H26BrNO/c1-3-4-5-6-7-8-9-10-14(17-2)15-13(16)11-12-18-15/h11-12,14,17H,3-10H2,1-2H3. The lowest BCUT2D eigenvalue weighted by Gasteiger charge is -2.14. The largest absolute Gasteiger partial charge is 0.466 e. The molecule has 0 saturated heterocycles. The normalized spacial score (nSPS) is 12.8. The Bertz CT molecular complexity index is 311. The Kier molecular flexibility index (Phi) is 8.44. The maximum Gasteiger partial charge on any atom is 0.134 e. The van der Waals surface area contributed by atoms with Crippen LogP contribution in [-0.4, -0.2) is 7.05 Å². The van der Waals surface area contributed by atoms with Gasteiger partial charge in [-0.25, -0.2) is 0 Å². The van der Waals surface area contributed by atoms with Crippen LogP contribution in [-0.2, 0) is 0 Å². The molecule has 104 valence electrons. The predicted octanol–water partition coefficient (Wildman–Crippen LogP) is 5.44. The SMILES string of the molecule is CCCCCCCCCC(NC)c1occc1Br. The Balaban J connectivity index is 2.15. The van der Waals surface area contributed by atoms with E-state index in [2.05, 4.69) is 28.2 Å². The molecule has 1 N–H and O–H groups in total. The van der Waals surface area contributed by atoms with Gasteiger partial charge < -0.3 is 9.73 Å². The Labute approximate surface area is 120 Å². The third kappa shape index (κ3) is 5.57. The second-order valence-corrected chi connectivity index (χ2v) is 5.74. The van der Waals surface area contributed by atoms with Gasteiger partial charge in [-0.2, -0.15) is 0 Å². The van der Waals surface area contributed by atoms with Crippen LogP contribution < -0.4 is 5.32 Å². The molecule has 0 aliphatic carbocycles. The number of hydrogen-bond donors (Lipinski definition) is 1. The van der Waals surface area contributed by atoms with Gasteiger partial charge in [0, 0.05) is 0 Å². The van der Waals surface area contributed by atoms with E-state index in [-0.39, 0.29) is 0 Å². The summed E-state index contributed by atoms with van der Waals surface area (Å²) in [4.78, 5) is 0. The molecule has 2 nitrogen and oxygen atoms in total. The number of hydrogen-bond acceptors (Lipinski definition) is 2. The highest BCUT2D eigenvalue weighted by Crippen LogP contribution is 2.28. The van der Waals surface area contributed by atoms with E-state index in [9.17, 15) is 0 Å². The number of unbranched alkanes of at least 4 members (excludes halogenated alkanes) is 6. The average molecular weight is 316 g/mol. The van der Waals surface area contributed by atoms with Crippen molar-refractivity contribution in [1.29, 1.82) is 0 Å². The molecule has 18 heavy (non-hydrogen) atoms. The summed E-state index contributed by atoms with van der Waals surface area (Å²) in [6.45, 7) is 2.26. The molecular weight excluding hydrogens is 290 g/mol. The zero-order chi connectivity index (χ0) is 13.2. The van der Waals surface area contributed by atoms with Crippen LogP contribution in [0.4, 0.5) is 0 Å². The van der Waals surface area contributed by atoms with Gasteiger partial charge in [-0.05, 0) is 35.5 Å². The molecule has 1 aromatic rings. The monoisotopic (exact) mass is 315 g/mol. The lowest BCUT2D eigenvalue weighted by atomic mass is 10.0. The van der Waals surface area contributed by atoms with Crippen LogP contribution in [0, 0.1) is 0 Å². The summed E-state index contributed by atoms with van der Waals surface area (Å²) in [6, 6.07) is 2.30. The quantitative estimate of drug-likeness (QED) is 0.581. The fourth-order valence-corrected chi connectivity index (χ4v) is 2.74. The molecule has 1 unspecified atom stereocenters. The molecule has 0 amide bonds. The summed E-state index contributed by atoms with van der Waals surface area (Å²) < 4.78 is 6.59. The van der Waals surface area contributed by atoms with Gasteiger partial charge in [0.25, 0.3) is 0 Å². The smallest absolute Gasteiger partial charge is 0.134 e. The summed E-state index contributed by atoms with van der Waals surface area (Å²) in [6.07, 6.45) is 12.4. The van der Waals surface area contributed by atoms with Crippen molar-refractivity contribution in [2.45, 2.75) is 64.3 Å². The van der Waals surface area contributed by atoms with Gasteiger partial charge in [-0.1, -0.05) is 51.9 Å². The minimum atomic E-state index is 0.338. The predicted molar refractivity (Wildman–Crippen MR) is 80.8 cm³/mol. The molecule has 0 aliphatic rings. The zero-order valence-electron chi connectivity index (χ0n) is 11.7. The molecule has 1 rings (SSSR count). The molecule has 0 aliphatic heterocycles. The van der Waals surface area contributed by atoms with E-state index < -0.39 is 0 Å². The molecule has 0 spiro atoms. The average Bonchev–Trinajstić information content (AvgIpc) is 2.79. The van der Waals surface area contributed by atoms with Crippen LogP contribution in [0.25, 0.3) is 0 Å². The van der Waals surface area contributed by atoms with E-state index in [0.29, 0.717) is 6.04 Å². The van der Waals surface area contributed by atoms with Gasteiger partial charge >= 0.3 is 0 Å². The summed E-state index contributed by atoms with van der Waals surface area (Å²) >= 11 is 3.53. The van der Waals surface area contributed by atoms with Crippen LogP contribution in [0.15, 0.2) is 21.2 Å². The topological polar surface area (TPSA) is 25.2 Å². The van der Waals surface area contributed by atoms with Crippen molar-refractivity contribution in [3.05, 3.63) is 22.6 Å². The first-order chi connectivity index (χ1) is 8.79. The van der Waals surface area contributed by atoms with Gasteiger partial charge in [-0.15, -0.1) is 0 Å². The number of nitrogens with one attached hydrogen (secondary N) is 1. The minimum absolute atomic E-state index is 0.338. The van der Waals surface area contributed by atoms with Crippen molar-refractivity contribution in [2.24, 2.45) is 0 Å². The second-order valence-electron chi connectivity index (χ2n) is 4.88. The molecule has 1 atom stereocenters. The fourth-order valence-electron chi connectivity index (χ4n) is 2.27. The Hall–Kier alpha value is -0.280. The molecule has 0 aromatic carbocycles. The van der Waals surface area contributed by atoms with E-state index in [1.165, 1.54) is 44.9 Å². The van der Waals surface area contributed by atoms with Gasteiger partial charge in [0.2, 0.25) is 0 Å². The highest BCUT2D eigenvalue weighted by atomic mass is 79.9. The van der Waals surface area contributed by atoms with E-state index in [0.717, 1.165) is 16.7 Å². The molecule has 3 heteroatoms. The Morgan fingerprint density at radius 3 is 2.39 bits per heavy atom. The van der Waals surface area contributed by atoms with Crippen LogP contribution >= 0.6 is 15.9 Å². The van der Waals surface area contributed by atoms with E-state index in [4.69, 9.17) is 4.42 Å². The number of rotatable bonds is 10. The molecular formula is C15H26BrNO. The highest BCUT2D eigenvalue weighted by molar-refractivity contribution is 9.10. The van der Waals surface area contributed by atoms with Crippen molar-refractivity contribution in [3.8, 4) is 0 Å². The van der Waals surface area contributed by atoms with Crippen molar-refractivity contribution in [3.63, 3.8) is 0 Å². The highest BCUT2D eigenvalue weighted by Gasteiger charge is 2.15. The van der Waals surface area contributed by atoms with Crippen LogP contribution in [0.3, 0.4) is 0 Å². The summed E-state index contributed by atoms with van der Waals surface area (Å²) in [7, 11) is 2.00. The number of furan rings is 1. The third-order valence-corrected chi connectivity index (χ3v) is 4.06. The summed E-state index contributed by atoms with van der Waals surface area (Å²) in [5.74, 6) is 1.03. The first-order valence-corrected chi connectivity index (χ1v) is 7.99. The molecule has 0 saturated carbocycles. The summed E-state index contributed by atoms with van der Waals surface area (Å²) in [5.41, 5.74) is 0. The fraction of sp³-hybridized carbons (Fsp3) is 0.733. The van der Waals surface area contributed by atoms with Gasteiger partial charge in [0.15, 0.2) is 0 Å². The van der Waals surface area contributed by atoms with Crippen molar-refractivity contribution in [1.82, 2.24) is 5.32 Å². The second kappa shape index (κ2) is 9.62. The molecule has 1 heterocycles. The molecule has 0 fully saturated rings. The minimum Gasteiger partial charge on any atom is -0.466 e. The first kappa shape index (κ1) is 15.8. The van der Waals surface area contributed by atoms with Crippen LogP contribution in [0.2, 0.25) is 0 Å². The zero-order valence-corrected chi connectivity index (χ0v) is 13.3. The Morgan fingerprint density at radius 2 is 1.83 bits per heavy atom. The van der Waals surface area contributed by atoms with Crippen LogP contribution in [0.5, 0.6) is 0 Å². The lowest BCUT2D eigenvalue weighted by molar-refractivity contribution is 0.399. The van der Waals surface area contributed by atoms with Crippen LogP contribution in [0.1, 0.15) is 70.1 Å². The molecule has 0 radical (unpaired) electrons. The third-order valence-electron chi connectivity index (χ3n) is 3.41. The van der Waals surface area contributed by atoms with Gasteiger partial charge in [0.1, 0.15) is 5.76 Å². The van der Waals surface area contributed by atoms with Crippen molar-refractivity contribution in [2.75, 3.05) is 7.05 Å². The number of halogens is 1. The van der Waals surface area contributed by atoms with Crippen molar-refractivity contribution >= 4 is 15.9 Å². The maximum atomic E-state index is 5.52. The van der Waals surface area contributed by atoms with E-state index in [1.54, 1.807) is 6.26 Å². The first-order valence-electron chi connectivity index (χ1n) is 7.19. The Morgan fingerprint density at radius 1 is 1.17 bits per heavy atom. The molecule has 1 aromatic heterocycles. The maximum absolute atomic E-state index is 5.52. The van der Waals surface area contributed by atoms with E-state index >= 15 is 0 Å².